The maximum absolute atomic E-state index is 4.73. The average Bonchev–Trinajstić information content (AvgIpc) is 2.39. The van der Waals surface area contributed by atoms with E-state index in [9.17, 15) is 0 Å². The van der Waals surface area contributed by atoms with Crippen molar-refractivity contribution < 1.29 is 0 Å². The van der Waals surface area contributed by atoms with E-state index in [2.05, 4.69) is 25.8 Å². The Balaban J connectivity index is 2.36. The minimum atomic E-state index is 0.0708. The van der Waals surface area contributed by atoms with Crippen molar-refractivity contribution in [1.29, 1.82) is 0 Å². The quantitative estimate of drug-likeness (QED) is 0.607. The highest BCUT2D eigenvalue weighted by molar-refractivity contribution is 5.21. The van der Waals surface area contributed by atoms with E-state index in [-0.39, 0.29) is 5.41 Å². The molecule has 0 N–H and O–H groups in total. The molecule has 1 aromatic rings. The molecule has 2 heteroatoms. The van der Waals surface area contributed by atoms with Crippen molar-refractivity contribution in [2.24, 2.45) is 0 Å². The van der Waals surface area contributed by atoms with Crippen molar-refractivity contribution in [2.75, 3.05) is 0 Å². The van der Waals surface area contributed by atoms with Gasteiger partial charge >= 0.3 is 0 Å². The van der Waals surface area contributed by atoms with Crippen molar-refractivity contribution in [3.63, 3.8) is 0 Å². The van der Waals surface area contributed by atoms with Crippen LogP contribution in [0.4, 0.5) is 0 Å². The fourth-order valence-electron chi connectivity index (χ4n) is 2.01. The molecule has 0 bridgehead atoms. The van der Waals surface area contributed by atoms with E-state index in [0.29, 0.717) is 0 Å². The van der Waals surface area contributed by atoms with Crippen LogP contribution in [-0.4, -0.2) is 9.97 Å². The van der Waals surface area contributed by atoms with Crippen molar-refractivity contribution in [1.82, 2.24) is 9.97 Å². The van der Waals surface area contributed by atoms with Crippen LogP contribution in [-0.2, 0) is 18.3 Å². The molecule has 82 valence electrons. The van der Waals surface area contributed by atoms with Crippen molar-refractivity contribution in [2.45, 2.75) is 58.3 Å². The third kappa shape index (κ3) is 2.36. The van der Waals surface area contributed by atoms with E-state index in [1.807, 2.05) is 6.20 Å². The van der Waals surface area contributed by atoms with Gasteiger partial charge in [-0.15, -0.1) is 0 Å². The predicted octanol–water partition coefficient (Wildman–Crippen LogP) is 3.04. The lowest BCUT2D eigenvalue weighted by Crippen LogP contribution is -2.17. The van der Waals surface area contributed by atoms with Crippen LogP contribution in [0.2, 0.25) is 0 Å². The third-order valence-electron chi connectivity index (χ3n) is 2.98. The smallest absolute Gasteiger partial charge is 0.133 e. The fourth-order valence-corrected chi connectivity index (χ4v) is 2.01. The van der Waals surface area contributed by atoms with Crippen LogP contribution in [0.3, 0.4) is 0 Å². The third-order valence-corrected chi connectivity index (χ3v) is 2.98. The normalized spacial score (nSPS) is 17.0. The first-order valence-corrected chi connectivity index (χ1v) is 5.92. The maximum Gasteiger partial charge on any atom is 0.133 e. The molecule has 0 fully saturated rings. The van der Waals surface area contributed by atoms with Crippen LogP contribution in [0.25, 0.3) is 0 Å². The zero-order valence-corrected chi connectivity index (χ0v) is 10.0. The van der Waals surface area contributed by atoms with Gasteiger partial charge in [-0.2, -0.15) is 0 Å². The molecular formula is C13H20N2. The molecule has 0 saturated carbocycles. The molecule has 2 rings (SSSR count). The van der Waals surface area contributed by atoms with Gasteiger partial charge in [0.1, 0.15) is 5.82 Å². The Labute approximate surface area is 92.1 Å². The lowest BCUT2D eigenvalue weighted by Gasteiger charge is -2.18. The van der Waals surface area contributed by atoms with E-state index in [0.717, 1.165) is 12.2 Å². The average molecular weight is 204 g/mol. The topological polar surface area (TPSA) is 25.8 Å². The van der Waals surface area contributed by atoms with Crippen LogP contribution in [0.5, 0.6) is 0 Å². The molecule has 1 heterocycles. The molecule has 0 amide bonds. The summed E-state index contributed by atoms with van der Waals surface area (Å²) in [5, 5.41) is 0. The van der Waals surface area contributed by atoms with E-state index < -0.39 is 0 Å². The number of hydrogen-bond donors (Lipinski definition) is 0. The number of hydrogen-bond acceptors (Lipinski definition) is 2. The Morgan fingerprint density at radius 2 is 1.80 bits per heavy atom. The van der Waals surface area contributed by atoms with Crippen LogP contribution in [0.15, 0.2) is 6.20 Å². The Morgan fingerprint density at radius 1 is 1.07 bits per heavy atom. The van der Waals surface area contributed by atoms with Gasteiger partial charge in [0.15, 0.2) is 0 Å². The van der Waals surface area contributed by atoms with Gasteiger partial charge in [0.25, 0.3) is 0 Å². The van der Waals surface area contributed by atoms with Crippen LogP contribution >= 0.6 is 0 Å². The highest BCUT2D eigenvalue weighted by Crippen LogP contribution is 2.22. The summed E-state index contributed by atoms with van der Waals surface area (Å²) in [5.41, 5.74) is 2.74. The van der Waals surface area contributed by atoms with Gasteiger partial charge in [0.2, 0.25) is 0 Å². The van der Waals surface area contributed by atoms with E-state index in [1.54, 1.807) is 0 Å². The molecule has 2 nitrogen and oxygen atoms in total. The summed E-state index contributed by atoms with van der Waals surface area (Å²) in [6, 6.07) is 0. The number of aryl methyl sites for hydroxylation is 2. The summed E-state index contributed by atoms with van der Waals surface area (Å²) in [4.78, 5) is 9.23. The molecule has 0 unspecified atom stereocenters. The Hall–Kier alpha value is -0.920. The summed E-state index contributed by atoms with van der Waals surface area (Å²) in [7, 11) is 0. The van der Waals surface area contributed by atoms with E-state index >= 15 is 0 Å². The molecule has 0 aromatic carbocycles. The van der Waals surface area contributed by atoms with Gasteiger partial charge in [-0.1, -0.05) is 27.2 Å². The van der Waals surface area contributed by atoms with Gasteiger partial charge in [0, 0.05) is 17.3 Å². The molecule has 0 aliphatic heterocycles. The van der Waals surface area contributed by atoms with Crippen LogP contribution in [0.1, 0.15) is 57.1 Å². The second kappa shape index (κ2) is 3.92. The number of fused-ring (bicyclic) bond motifs is 1. The first kappa shape index (κ1) is 10.6. The minimum Gasteiger partial charge on any atom is -0.241 e. The molecule has 1 aromatic heterocycles. The largest absolute Gasteiger partial charge is 0.241 e. The molecule has 0 radical (unpaired) electrons. The van der Waals surface area contributed by atoms with Crippen LogP contribution in [0, 0.1) is 0 Å². The van der Waals surface area contributed by atoms with Crippen molar-refractivity contribution >= 4 is 0 Å². The number of rotatable bonds is 0. The monoisotopic (exact) mass is 204 g/mol. The molecular weight excluding hydrogens is 184 g/mol. The van der Waals surface area contributed by atoms with Gasteiger partial charge in [-0.25, -0.2) is 9.97 Å². The zero-order valence-electron chi connectivity index (χ0n) is 10.0. The van der Waals surface area contributed by atoms with Gasteiger partial charge in [-0.05, 0) is 31.2 Å². The summed E-state index contributed by atoms with van der Waals surface area (Å²) < 4.78 is 0. The summed E-state index contributed by atoms with van der Waals surface area (Å²) in [5.74, 6) is 0.989. The van der Waals surface area contributed by atoms with Gasteiger partial charge in [-0.3, -0.25) is 0 Å². The molecule has 1 aliphatic carbocycles. The summed E-state index contributed by atoms with van der Waals surface area (Å²) >= 11 is 0. The summed E-state index contributed by atoms with van der Waals surface area (Å²) in [6.45, 7) is 6.52. The molecule has 0 atom stereocenters. The first-order valence-electron chi connectivity index (χ1n) is 5.92. The highest BCUT2D eigenvalue weighted by atomic mass is 14.9. The minimum absolute atomic E-state index is 0.0708. The van der Waals surface area contributed by atoms with Crippen LogP contribution < -0.4 is 0 Å². The second-order valence-electron chi connectivity index (χ2n) is 5.48. The molecule has 0 spiro atoms. The Morgan fingerprint density at radius 3 is 2.53 bits per heavy atom. The van der Waals surface area contributed by atoms with Gasteiger partial charge in [0.05, 0.1) is 0 Å². The SMILES string of the molecule is CC(C)(C)c1ncc2c(n1)CCCCC2. The van der Waals surface area contributed by atoms with E-state index in [1.165, 1.54) is 36.9 Å². The first-order chi connectivity index (χ1) is 7.07. The number of aromatic nitrogens is 2. The fraction of sp³-hybridized carbons (Fsp3) is 0.692. The molecule has 0 saturated heterocycles. The van der Waals surface area contributed by atoms with Crippen molar-refractivity contribution in [3.05, 3.63) is 23.3 Å². The highest BCUT2D eigenvalue weighted by Gasteiger charge is 2.19. The zero-order chi connectivity index (χ0) is 10.9. The Kier molecular flexibility index (Phi) is 2.76. The second-order valence-corrected chi connectivity index (χ2v) is 5.48. The number of nitrogens with zero attached hydrogens (tertiary/aromatic N) is 2. The molecule has 1 aliphatic rings. The lowest BCUT2D eigenvalue weighted by atomic mass is 9.95. The van der Waals surface area contributed by atoms with Gasteiger partial charge < -0.3 is 0 Å². The summed E-state index contributed by atoms with van der Waals surface area (Å²) in [6.07, 6.45) is 8.27. The van der Waals surface area contributed by atoms with Crippen molar-refractivity contribution in [3.8, 4) is 0 Å². The predicted molar refractivity (Wildman–Crippen MR) is 62.0 cm³/mol. The Bertz CT molecular complexity index is 350. The van der Waals surface area contributed by atoms with E-state index in [4.69, 9.17) is 4.98 Å². The molecule has 15 heavy (non-hydrogen) atoms. The maximum atomic E-state index is 4.73. The lowest BCUT2D eigenvalue weighted by molar-refractivity contribution is 0.539. The standard InChI is InChI=1S/C13H20N2/c1-13(2,3)12-14-9-10-7-5-4-6-8-11(10)15-12/h9H,4-8H2,1-3H3.